The van der Waals surface area contributed by atoms with E-state index in [4.69, 9.17) is 0 Å². The van der Waals surface area contributed by atoms with E-state index in [1.807, 2.05) is 12.1 Å². The third kappa shape index (κ3) is 7.30. The van der Waals surface area contributed by atoms with Crippen LogP contribution in [0.15, 0.2) is 60.7 Å². The third-order valence-electron chi connectivity index (χ3n) is 6.66. The average Bonchev–Trinajstić information content (AvgIpc) is 2.88. The Kier molecular flexibility index (Phi) is 10.1. The summed E-state index contributed by atoms with van der Waals surface area (Å²) < 4.78 is 0. The summed E-state index contributed by atoms with van der Waals surface area (Å²) in [5.74, 6) is -0.930. The van der Waals surface area contributed by atoms with Crippen molar-refractivity contribution in [3.8, 4) is 28.3 Å². The molecule has 0 aromatic heterocycles. The van der Waals surface area contributed by atoms with Crippen LogP contribution in [0.4, 0.5) is 0 Å². The maximum Gasteiger partial charge on any atom is 0.335 e. The van der Waals surface area contributed by atoms with Crippen molar-refractivity contribution in [2.24, 2.45) is 0 Å². The molecule has 0 heterocycles. The number of nitrogens with zero attached hydrogens (tertiary/aromatic N) is 1. The number of aromatic carboxylic acids is 1. The van der Waals surface area contributed by atoms with E-state index in [0.29, 0.717) is 5.56 Å². The van der Waals surface area contributed by atoms with E-state index in [9.17, 15) is 15.2 Å². The number of carbonyl (C=O) groups is 1. The first kappa shape index (κ1) is 26.2. The van der Waals surface area contributed by atoms with E-state index in [1.165, 1.54) is 49.7 Å². The van der Waals surface area contributed by atoms with Gasteiger partial charge in [0.1, 0.15) is 0 Å². The average molecular weight is 468 g/mol. The molecule has 0 bridgehead atoms. The quantitative estimate of drug-likeness (QED) is 0.255. The summed E-state index contributed by atoms with van der Waals surface area (Å²) in [5, 5.41) is 19.3. The lowest BCUT2D eigenvalue weighted by Gasteiger charge is -2.15. The second-order valence-corrected chi connectivity index (χ2v) is 9.38. The number of benzene rings is 3. The third-order valence-corrected chi connectivity index (χ3v) is 6.66. The largest absolute Gasteiger partial charge is 0.478 e. The molecule has 0 spiro atoms. The SMILES string of the molecule is CCCCCCCc1ccc(-c2cc(CCCCC)ccc2-c2ccc(C(=O)O)cc2)c(C#N)c1. The molecule has 3 aromatic carbocycles. The maximum atomic E-state index is 11.3. The lowest BCUT2D eigenvalue weighted by Crippen LogP contribution is -1.97. The van der Waals surface area contributed by atoms with Crippen LogP contribution >= 0.6 is 0 Å². The smallest absolute Gasteiger partial charge is 0.335 e. The van der Waals surface area contributed by atoms with Crippen LogP contribution in [0.5, 0.6) is 0 Å². The van der Waals surface area contributed by atoms with E-state index in [1.54, 1.807) is 12.1 Å². The highest BCUT2D eigenvalue weighted by Gasteiger charge is 2.14. The van der Waals surface area contributed by atoms with Crippen LogP contribution in [0.3, 0.4) is 0 Å². The Labute approximate surface area is 210 Å². The minimum Gasteiger partial charge on any atom is -0.478 e. The summed E-state index contributed by atoms with van der Waals surface area (Å²) in [7, 11) is 0. The van der Waals surface area contributed by atoms with Gasteiger partial charge < -0.3 is 5.11 Å². The summed E-state index contributed by atoms with van der Waals surface area (Å²) in [6.07, 6.45) is 11.7. The molecule has 0 fully saturated rings. The van der Waals surface area contributed by atoms with Gasteiger partial charge in [-0.15, -0.1) is 0 Å². The van der Waals surface area contributed by atoms with Gasteiger partial charge in [0.05, 0.1) is 17.2 Å². The van der Waals surface area contributed by atoms with Gasteiger partial charge in [-0.3, -0.25) is 0 Å². The summed E-state index contributed by atoms with van der Waals surface area (Å²) >= 11 is 0. The van der Waals surface area contributed by atoms with Crippen molar-refractivity contribution in [3.05, 3.63) is 82.9 Å². The van der Waals surface area contributed by atoms with Gasteiger partial charge in [-0.2, -0.15) is 5.26 Å². The lowest BCUT2D eigenvalue weighted by molar-refractivity contribution is 0.0697. The molecule has 0 unspecified atom stereocenters. The van der Waals surface area contributed by atoms with Gasteiger partial charge in [-0.1, -0.05) is 94.8 Å². The van der Waals surface area contributed by atoms with Crippen LogP contribution in [0, 0.1) is 11.3 Å². The molecule has 35 heavy (non-hydrogen) atoms. The topological polar surface area (TPSA) is 61.1 Å². The minimum atomic E-state index is -0.930. The number of carboxylic acid groups (broad SMARTS) is 1. The second kappa shape index (κ2) is 13.5. The Balaban J connectivity index is 1.97. The highest BCUT2D eigenvalue weighted by Crippen LogP contribution is 2.36. The molecule has 0 saturated carbocycles. The first-order valence-electron chi connectivity index (χ1n) is 13.1. The zero-order chi connectivity index (χ0) is 25.0. The zero-order valence-corrected chi connectivity index (χ0v) is 21.1. The number of carboxylic acids is 1. The molecular formula is C32H37NO2. The molecule has 3 nitrogen and oxygen atoms in total. The zero-order valence-electron chi connectivity index (χ0n) is 21.1. The molecule has 0 aliphatic rings. The van der Waals surface area contributed by atoms with E-state index in [0.717, 1.165) is 47.9 Å². The molecule has 182 valence electrons. The Morgan fingerprint density at radius 3 is 1.91 bits per heavy atom. The van der Waals surface area contributed by atoms with Crippen LogP contribution < -0.4 is 0 Å². The number of unbranched alkanes of at least 4 members (excludes halogenated alkanes) is 6. The molecule has 3 aromatic rings. The Bertz CT molecular complexity index is 1160. The summed E-state index contributed by atoms with van der Waals surface area (Å²) in [4.78, 5) is 11.3. The summed E-state index contributed by atoms with van der Waals surface area (Å²) in [6.45, 7) is 4.44. The van der Waals surface area contributed by atoms with E-state index in [2.05, 4.69) is 56.3 Å². The van der Waals surface area contributed by atoms with E-state index in [-0.39, 0.29) is 5.56 Å². The fourth-order valence-electron chi connectivity index (χ4n) is 4.60. The van der Waals surface area contributed by atoms with Crippen LogP contribution in [-0.2, 0) is 12.8 Å². The number of aryl methyl sites for hydroxylation is 2. The van der Waals surface area contributed by atoms with Crippen molar-refractivity contribution < 1.29 is 9.90 Å². The lowest BCUT2D eigenvalue weighted by atomic mass is 9.88. The predicted octanol–water partition coefficient (Wildman–Crippen LogP) is 8.84. The fourth-order valence-corrected chi connectivity index (χ4v) is 4.60. The number of rotatable bonds is 13. The molecule has 0 aliphatic heterocycles. The van der Waals surface area contributed by atoms with Crippen LogP contribution in [0.2, 0.25) is 0 Å². The number of nitriles is 1. The highest BCUT2D eigenvalue weighted by atomic mass is 16.4. The molecule has 0 radical (unpaired) electrons. The first-order chi connectivity index (χ1) is 17.1. The van der Waals surface area contributed by atoms with Gasteiger partial charge in [-0.05, 0) is 71.7 Å². The standard InChI is InChI=1S/C32H37NO2/c1-3-5-7-8-10-12-24-13-20-30(28(21-24)23-33)31-22-25(11-9-6-4-2)14-19-29(31)26-15-17-27(18-16-26)32(34)35/h13-22H,3-12H2,1-2H3,(H,34,35). The first-order valence-corrected chi connectivity index (χ1v) is 13.1. The molecule has 3 rings (SSSR count). The van der Waals surface area contributed by atoms with Crippen molar-refractivity contribution in [2.75, 3.05) is 0 Å². The normalized spacial score (nSPS) is 10.8. The van der Waals surface area contributed by atoms with Gasteiger partial charge in [0, 0.05) is 5.56 Å². The number of hydrogen-bond donors (Lipinski definition) is 1. The Hall–Kier alpha value is -3.38. The highest BCUT2D eigenvalue weighted by molar-refractivity contribution is 5.90. The van der Waals surface area contributed by atoms with Crippen molar-refractivity contribution >= 4 is 5.97 Å². The Morgan fingerprint density at radius 1 is 0.714 bits per heavy atom. The van der Waals surface area contributed by atoms with E-state index < -0.39 is 5.97 Å². The van der Waals surface area contributed by atoms with Crippen LogP contribution in [-0.4, -0.2) is 11.1 Å². The predicted molar refractivity (Wildman–Crippen MR) is 145 cm³/mol. The molecule has 0 atom stereocenters. The van der Waals surface area contributed by atoms with Gasteiger partial charge in [0.25, 0.3) is 0 Å². The molecular weight excluding hydrogens is 430 g/mol. The monoisotopic (exact) mass is 467 g/mol. The molecule has 3 heteroatoms. The van der Waals surface area contributed by atoms with Crippen molar-refractivity contribution in [2.45, 2.75) is 78.1 Å². The van der Waals surface area contributed by atoms with Gasteiger partial charge in [-0.25, -0.2) is 4.79 Å². The summed E-state index contributed by atoms with van der Waals surface area (Å²) in [5.41, 5.74) is 7.40. The molecule has 1 N–H and O–H groups in total. The van der Waals surface area contributed by atoms with Gasteiger partial charge >= 0.3 is 5.97 Å². The molecule has 0 aliphatic carbocycles. The van der Waals surface area contributed by atoms with Gasteiger partial charge in [0.15, 0.2) is 0 Å². The molecule has 0 amide bonds. The van der Waals surface area contributed by atoms with Crippen molar-refractivity contribution in [1.82, 2.24) is 0 Å². The number of hydrogen-bond acceptors (Lipinski definition) is 2. The van der Waals surface area contributed by atoms with E-state index >= 15 is 0 Å². The second-order valence-electron chi connectivity index (χ2n) is 9.38. The molecule has 0 saturated heterocycles. The van der Waals surface area contributed by atoms with Gasteiger partial charge in [0.2, 0.25) is 0 Å². The van der Waals surface area contributed by atoms with Crippen LogP contribution in [0.25, 0.3) is 22.3 Å². The van der Waals surface area contributed by atoms with Crippen LogP contribution in [0.1, 0.15) is 92.3 Å². The maximum absolute atomic E-state index is 11.3. The minimum absolute atomic E-state index is 0.271. The Morgan fingerprint density at radius 2 is 1.29 bits per heavy atom. The fraction of sp³-hybridized carbons (Fsp3) is 0.375. The van der Waals surface area contributed by atoms with Crippen molar-refractivity contribution in [1.29, 1.82) is 5.26 Å². The van der Waals surface area contributed by atoms with Crippen molar-refractivity contribution in [3.63, 3.8) is 0 Å². The summed E-state index contributed by atoms with van der Waals surface area (Å²) in [6, 6.07) is 22.3.